The number of ketones is 1. The number of ether oxygens (including phenoxy) is 1. The molecule has 21 heavy (non-hydrogen) atoms. The molecule has 2 aromatic heterocycles. The number of Topliss-reactive ketones (excluding diaryl/α,β-unsaturated/α-hetero) is 1. The van der Waals surface area contributed by atoms with E-state index in [-0.39, 0.29) is 11.7 Å². The Kier molecular flexibility index (Phi) is 2.92. The van der Waals surface area contributed by atoms with Gasteiger partial charge in [-0.05, 0) is 26.2 Å². The molecule has 0 bridgehead atoms. The van der Waals surface area contributed by atoms with Crippen LogP contribution in [-0.4, -0.2) is 34.1 Å². The molecule has 6 nitrogen and oxygen atoms in total. The second-order valence-electron chi connectivity index (χ2n) is 5.77. The van der Waals surface area contributed by atoms with Crippen LogP contribution in [0.3, 0.4) is 0 Å². The van der Waals surface area contributed by atoms with E-state index in [1.54, 1.807) is 0 Å². The summed E-state index contributed by atoms with van der Waals surface area (Å²) in [7, 11) is 0. The number of aromatic nitrogens is 3. The second-order valence-corrected chi connectivity index (χ2v) is 5.77. The predicted octanol–water partition coefficient (Wildman–Crippen LogP) is 2.40. The summed E-state index contributed by atoms with van der Waals surface area (Å²) in [6.45, 7) is 3.33. The van der Waals surface area contributed by atoms with Crippen molar-refractivity contribution < 1.29 is 14.1 Å². The number of nitrogens with zero attached hydrogens (tertiary/aromatic N) is 2. The third-order valence-electron chi connectivity index (χ3n) is 4.33. The lowest BCUT2D eigenvalue weighted by Gasteiger charge is -2.10. The van der Waals surface area contributed by atoms with Gasteiger partial charge in [0.1, 0.15) is 0 Å². The van der Waals surface area contributed by atoms with Gasteiger partial charge in [-0.15, -0.1) is 0 Å². The molecule has 1 aliphatic carbocycles. The standard InChI is InChI=1S/C15H17N3O3/c1-8-12(13-10(16-8)3-2-4-11(13)19)15-17-14(18-21-15)9-5-6-20-7-9/h9,16H,2-7H2,1H3/t9-/m1/s1. The van der Waals surface area contributed by atoms with Crippen LogP contribution in [0.25, 0.3) is 11.5 Å². The predicted molar refractivity (Wildman–Crippen MR) is 74.3 cm³/mol. The zero-order valence-corrected chi connectivity index (χ0v) is 11.9. The summed E-state index contributed by atoms with van der Waals surface area (Å²) < 4.78 is 10.8. The van der Waals surface area contributed by atoms with Crippen LogP contribution in [0.5, 0.6) is 0 Å². The summed E-state index contributed by atoms with van der Waals surface area (Å²) >= 11 is 0. The third-order valence-corrected chi connectivity index (χ3v) is 4.33. The minimum Gasteiger partial charge on any atom is -0.381 e. The first kappa shape index (κ1) is 12.8. The molecule has 3 heterocycles. The van der Waals surface area contributed by atoms with Crippen LogP contribution in [0, 0.1) is 6.92 Å². The number of carbonyl (C=O) groups is 1. The van der Waals surface area contributed by atoms with Gasteiger partial charge in [-0.3, -0.25) is 4.79 Å². The summed E-state index contributed by atoms with van der Waals surface area (Å²) in [5.74, 6) is 1.50. The molecule has 110 valence electrons. The van der Waals surface area contributed by atoms with Gasteiger partial charge in [-0.25, -0.2) is 0 Å². The highest BCUT2D eigenvalue weighted by molar-refractivity contribution is 6.04. The van der Waals surface area contributed by atoms with Crippen molar-refractivity contribution in [1.82, 2.24) is 15.1 Å². The van der Waals surface area contributed by atoms with E-state index in [9.17, 15) is 4.79 Å². The van der Waals surface area contributed by atoms with E-state index in [2.05, 4.69) is 15.1 Å². The monoisotopic (exact) mass is 287 g/mol. The number of rotatable bonds is 2. The molecule has 6 heteroatoms. The molecule has 0 radical (unpaired) electrons. The normalized spacial score (nSPS) is 21.8. The minimum absolute atomic E-state index is 0.166. The van der Waals surface area contributed by atoms with Crippen molar-refractivity contribution in [2.75, 3.05) is 13.2 Å². The minimum atomic E-state index is 0.166. The molecule has 0 spiro atoms. The third kappa shape index (κ3) is 2.01. The molecule has 1 atom stereocenters. The van der Waals surface area contributed by atoms with Crippen LogP contribution in [0.15, 0.2) is 4.52 Å². The zero-order valence-electron chi connectivity index (χ0n) is 11.9. The maximum Gasteiger partial charge on any atom is 0.260 e. The number of aryl methyl sites for hydroxylation is 2. The van der Waals surface area contributed by atoms with Gasteiger partial charge < -0.3 is 14.2 Å². The molecular formula is C15H17N3O3. The molecule has 1 saturated heterocycles. The molecule has 4 rings (SSSR count). The maximum absolute atomic E-state index is 12.2. The largest absolute Gasteiger partial charge is 0.381 e. The highest BCUT2D eigenvalue weighted by atomic mass is 16.5. The fourth-order valence-corrected chi connectivity index (χ4v) is 3.24. The SMILES string of the molecule is Cc1[nH]c2c(c1-c1nc([C@@H]3CCOC3)no1)C(=O)CCC2. The van der Waals surface area contributed by atoms with Crippen molar-refractivity contribution in [3.05, 3.63) is 22.8 Å². The maximum atomic E-state index is 12.2. The average Bonchev–Trinajstić information content (AvgIpc) is 3.16. The average molecular weight is 287 g/mol. The number of nitrogens with one attached hydrogen (secondary N) is 1. The van der Waals surface area contributed by atoms with E-state index in [1.807, 2.05) is 6.92 Å². The number of fused-ring (bicyclic) bond motifs is 1. The molecule has 0 saturated carbocycles. The van der Waals surface area contributed by atoms with Crippen LogP contribution < -0.4 is 0 Å². The number of hydrogen-bond donors (Lipinski definition) is 1. The molecule has 1 fully saturated rings. The fourth-order valence-electron chi connectivity index (χ4n) is 3.24. The van der Waals surface area contributed by atoms with Gasteiger partial charge in [-0.2, -0.15) is 4.98 Å². The first-order valence-electron chi connectivity index (χ1n) is 7.40. The Morgan fingerprint density at radius 1 is 1.29 bits per heavy atom. The summed E-state index contributed by atoms with van der Waals surface area (Å²) in [5, 5.41) is 4.08. The Hall–Kier alpha value is -1.95. The summed E-state index contributed by atoms with van der Waals surface area (Å²) in [6, 6.07) is 0. The van der Waals surface area contributed by atoms with Crippen molar-refractivity contribution in [3.63, 3.8) is 0 Å². The Morgan fingerprint density at radius 3 is 3.00 bits per heavy atom. The van der Waals surface area contributed by atoms with Crippen LogP contribution in [-0.2, 0) is 11.2 Å². The first-order chi connectivity index (χ1) is 10.2. The van der Waals surface area contributed by atoms with E-state index in [0.29, 0.717) is 24.7 Å². The molecule has 1 N–H and O–H groups in total. The number of carbonyl (C=O) groups excluding carboxylic acids is 1. The van der Waals surface area contributed by atoms with Crippen molar-refractivity contribution in [3.8, 4) is 11.5 Å². The van der Waals surface area contributed by atoms with Crippen molar-refractivity contribution >= 4 is 5.78 Å². The summed E-state index contributed by atoms with van der Waals surface area (Å²) in [6.07, 6.45) is 3.32. The Bertz CT molecular complexity index is 695. The van der Waals surface area contributed by atoms with E-state index >= 15 is 0 Å². The van der Waals surface area contributed by atoms with Crippen LogP contribution in [0.2, 0.25) is 0 Å². The Morgan fingerprint density at radius 2 is 2.19 bits per heavy atom. The molecule has 2 aromatic rings. The van der Waals surface area contributed by atoms with Gasteiger partial charge in [0.25, 0.3) is 5.89 Å². The Balaban J connectivity index is 1.76. The van der Waals surface area contributed by atoms with Gasteiger partial charge in [0.05, 0.1) is 17.7 Å². The van der Waals surface area contributed by atoms with Gasteiger partial charge in [0.15, 0.2) is 11.6 Å². The molecule has 2 aliphatic rings. The van der Waals surface area contributed by atoms with E-state index < -0.39 is 0 Å². The van der Waals surface area contributed by atoms with Gasteiger partial charge in [0.2, 0.25) is 0 Å². The van der Waals surface area contributed by atoms with Crippen molar-refractivity contribution in [2.24, 2.45) is 0 Å². The number of aromatic amines is 1. The quantitative estimate of drug-likeness (QED) is 0.917. The molecule has 0 unspecified atom stereocenters. The van der Waals surface area contributed by atoms with Gasteiger partial charge >= 0.3 is 0 Å². The van der Waals surface area contributed by atoms with E-state index in [0.717, 1.165) is 48.4 Å². The molecule has 0 amide bonds. The van der Waals surface area contributed by atoms with Gasteiger partial charge in [0, 0.05) is 30.3 Å². The lowest BCUT2D eigenvalue weighted by molar-refractivity contribution is 0.0973. The molecular weight excluding hydrogens is 270 g/mol. The second kappa shape index (κ2) is 4.80. The Labute approximate surface area is 121 Å². The summed E-state index contributed by atoms with van der Waals surface area (Å²) in [4.78, 5) is 20.0. The van der Waals surface area contributed by atoms with Gasteiger partial charge in [-0.1, -0.05) is 5.16 Å². The van der Waals surface area contributed by atoms with Crippen LogP contribution >= 0.6 is 0 Å². The van der Waals surface area contributed by atoms with Crippen molar-refractivity contribution in [2.45, 2.75) is 38.5 Å². The van der Waals surface area contributed by atoms with Crippen LogP contribution in [0.1, 0.15) is 52.8 Å². The first-order valence-corrected chi connectivity index (χ1v) is 7.40. The topological polar surface area (TPSA) is 81.0 Å². The van der Waals surface area contributed by atoms with Crippen molar-refractivity contribution in [1.29, 1.82) is 0 Å². The van der Waals surface area contributed by atoms with E-state index in [4.69, 9.17) is 9.26 Å². The zero-order chi connectivity index (χ0) is 14.4. The molecule has 0 aromatic carbocycles. The fraction of sp³-hybridized carbons (Fsp3) is 0.533. The number of hydrogen-bond acceptors (Lipinski definition) is 5. The highest BCUT2D eigenvalue weighted by Crippen LogP contribution is 2.34. The van der Waals surface area contributed by atoms with Crippen LogP contribution in [0.4, 0.5) is 0 Å². The summed E-state index contributed by atoms with van der Waals surface area (Å²) in [5.41, 5.74) is 3.46. The molecule has 1 aliphatic heterocycles. The highest BCUT2D eigenvalue weighted by Gasteiger charge is 2.30. The smallest absolute Gasteiger partial charge is 0.260 e. The number of H-pyrrole nitrogens is 1. The lowest BCUT2D eigenvalue weighted by atomic mass is 9.93. The van der Waals surface area contributed by atoms with E-state index in [1.165, 1.54) is 0 Å². The lowest BCUT2D eigenvalue weighted by Crippen LogP contribution is -2.10.